The Labute approximate surface area is 152 Å². The van der Waals surface area contributed by atoms with Gasteiger partial charge in [-0.2, -0.15) is 0 Å². The molecule has 0 saturated carbocycles. The fourth-order valence-electron chi connectivity index (χ4n) is 2.50. The van der Waals surface area contributed by atoms with Crippen LogP contribution < -0.4 is 10.1 Å². The minimum atomic E-state index is -0.0479. The van der Waals surface area contributed by atoms with Gasteiger partial charge < -0.3 is 10.1 Å². The van der Waals surface area contributed by atoms with Crippen molar-refractivity contribution in [2.45, 2.75) is 39.0 Å². The van der Waals surface area contributed by atoms with Crippen LogP contribution in [0.1, 0.15) is 39.0 Å². The number of carbonyl (C=O) groups is 1. The van der Waals surface area contributed by atoms with Gasteiger partial charge in [0.25, 0.3) is 0 Å². The number of hydrogen-bond acceptors (Lipinski definition) is 3. The molecule has 4 heteroatoms. The van der Waals surface area contributed by atoms with Crippen molar-refractivity contribution >= 4 is 11.6 Å². The number of rotatable bonds is 14. The normalized spacial score (nSPS) is 10.5. The smallest absolute Gasteiger partial charge is 0.238 e. The van der Waals surface area contributed by atoms with Gasteiger partial charge in [-0.15, -0.1) is 13.2 Å². The Morgan fingerprint density at radius 1 is 1.08 bits per heavy atom. The van der Waals surface area contributed by atoms with Crippen LogP contribution >= 0.6 is 0 Å². The summed E-state index contributed by atoms with van der Waals surface area (Å²) in [4.78, 5) is 14.1. The molecule has 0 aliphatic rings. The second-order valence-electron chi connectivity index (χ2n) is 6.11. The van der Waals surface area contributed by atoms with Crippen molar-refractivity contribution in [2.24, 2.45) is 0 Å². The van der Waals surface area contributed by atoms with Gasteiger partial charge in [0.2, 0.25) is 5.91 Å². The summed E-state index contributed by atoms with van der Waals surface area (Å²) in [5.41, 5.74) is 0.775. The van der Waals surface area contributed by atoms with Crippen LogP contribution in [-0.4, -0.2) is 37.0 Å². The molecule has 1 rings (SSSR count). The Balaban J connectivity index is 2.34. The van der Waals surface area contributed by atoms with Crippen LogP contribution in [0.15, 0.2) is 49.6 Å². The standard InChI is InChI=1S/C21H32N2O2/c1-4-7-8-9-10-17-25-20-13-11-19(12-14-20)22-21(24)18-23(15-5-2)16-6-3/h5-6,11-14H,2-4,7-10,15-18H2,1H3,(H,22,24). The molecule has 1 N–H and O–H groups in total. The third-order valence-electron chi connectivity index (χ3n) is 3.80. The van der Waals surface area contributed by atoms with Gasteiger partial charge in [-0.3, -0.25) is 9.69 Å². The van der Waals surface area contributed by atoms with Crippen molar-refractivity contribution in [3.8, 4) is 5.75 Å². The van der Waals surface area contributed by atoms with Gasteiger partial charge in [-0.1, -0.05) is 44.8 Å². The number of nitrogens with one attached hydrogen (secondary N) is 1. The molecule has 0 aliphatic heterocycles. The first-order chi connectivity index (χ1) is 12.2. The van der Waals surface area contributed by atoms with Gasteiger partial charge in [0.1, 0.15) is 5.75 Å². The zero-order chi connectivity index (χ0) is 18.3. The molecule has 0 unspecified atom stereocenters. The first-order valence-electron chi connectivity index (χ1n) is 9.16. The van der Waals surface area contributed by atoms with Gasteiger partial charge in [-0.05, 0) is 30.7 Å². The van der Waals surface area contributed by atoms with E-state index in [1.54, 1.807) is 12.2 Å². The molecule has 0 fully saturated rings. The maximum atomic E-state index is 12.1. The highest BCUT2D eigenvalue weighted by molar-refractivity contribution is 5.92. The van der Waals surface area contributed by atoms with Crippen LogP contribution in [0, 0.1) is 0 Å². The van der Waals surface area contributed by atoms with Crippen LogP contribution in [0.4, 0.5) is 5.69 Å². The molecule has 4 nitrogen and oxygen atoms in total. The van der Waals surface area contributed by atoms with E-state index in [-0.39, 0.29) is 5.91 Å². The maximum Gasteiger partial charge on any atom is 0.238 e. The SMILES string of the molecule is C=CCN(CC=C)CC(=O)Nc1ccc(OCCCCCCC)cc1. The summed E-state index contributed by atoms with van der Waals surface area (Å²) in [5, 5.41) is 2.90. The van der Waals surface area contributed by atoms with Crippen LogP contribution in [0.25, 0.3) is 0 Å². The summed E-state index contributed by atoms with van der Waals surface area (Å²) in [6.45, 7) is 12.0. The minimum absolute atomic E-state index is 0.0479. The Bertz CT molecular complexity index is 501. The summed E-state index contributed by atoms with van der Waals surface area (Å²) in [6, 6.07) is 7.53. The average molecular weight is 344 g/mol. The predicted octanol–water partition coefficient (Wildman–Crippen LogP) is 4.65. The molecule has 0 aromatic heterocycles. The van der Waals surface area contributed by atoms with E-state index in [9.17, 15) is 4.79 Å². The maximum absolute atomic E-state index is 12.1. The van der Waals surface area contributed by atoms with E-state index in [1.807, 2.05) is 29.2 Å². The molecule has 0 aliphatic carbocycles. The molecule has 0 saturated heterocycles. The predicted molar refractivity (Wildman–Crippen MR) is 106 cm³/mol. The highest BCUT2D eigenvalue weighted by Crippen LogP contribution is 2.16. The number of amides is 1. The number of hydrogen-bond donors (Lipinski definition) is 1. The minimum Gasteiger partial charge on any atom is -0.494 e. The lowest BCUT2D eigenvalue weighted by atomic mass is 10.2. The van der Waals surface area contributed by atoms with Gasteiger partial charge in [0.05, 0.1) is 13.2 Å². The molecule has 0 heterocycles. The second-order valence-corrected chi connectivity index (χ2v) is 6.11. The quantitative estimate of drug-likeness (QED) is 0.394. The van der Waals surface area contributed by atoms with E-state index in [0.29, 0.717) is 19.6 Å². The van der Waals surface area contributed by atoms with Crippen LogP contribution in [-0.2, 0) is 4.79 Å². The summed E-state index contributed by atoms with van der Waals surface area (Å²) in [5.74, 6) is 0.793. The van der Waals surface area contributed by atoms with Crippen molar-refractivity contribution in [1.82, 2.24) is 4.90 Å². The topological polar surface area (TPSA) is 41.6 Å². The van der Waals surface area contributed by atoms with E-state index < -0.39 is 0 Å². The van der Waals surface area contributed by atoms with Crippen molar-refractivity contribution in [2.75, 3.05) is 31.6 Å². The third-order valence-corrected chi connectivity index (χ3v) is 3.80. The summed E-state index contributed by atoms with van der Waals surface area (Å²) >= 11 is 0. The fraction of sp³-hybridized carbons (Fsp3) is 0.476. The highest BCUT2D eigenvalue weighted by atomic mass is 16.5. The fourth-order valence-corrected chi connectivity index (χ4v) is 2.50. The number of carbonyl (C=O) groups excluding carboxylic acids is 1. The first-order valence-corrected chi connectivity index (χ1v) is 9.16. The molecule has 1 aromatic carbocycles. The number of ether oxygens (including phenoxy) is 1. The molecule has 25 heavy (non-hydrogen) atoms. The third kappa shape index (κ3) is 9.72. The molecule has 1 amide bonds. The first kappa shape index (κ1) is 21.0. The van der Waals surface area contributed by atoms with Gasteiger partial charge in [0.15, 0.2) is 0 Å². The Kier molecular flexibility index (Phi) is 11.1. The van der Waals surface area contributed by atoms with Crippen molar-refractivity contribution < 1.29 is 9.53 Å². The molecule has 0 spiro atoms. The molecule has 0 bridgehead atoms. The second kappa shape index (κ2) is 13.2. The lowest BCUT2D eigenvalue weighted by molar-refractivity contribution is -0.117. The van der Waals surface area contributed by atoms with Crippen LogP contribution in [0.5, 0.6) is 5.75 Å². The van der Waals surface area contributed by atoms with E-state index in [4.69, 9.17) is 4.74 Å². The lowest BCUT2D eigenvalue weighted by Crippen LogP contribution is -2.33. The monoisotopic (exact) mass is 344 g/mol. The lowest BCUT2D eigenvalue weighted by Gasteiger charge is -2.18. The Morgan fingerprint density at radius 3 is 2.32 bits per heavy atom. The van der Waals surface area contributed by atoms with Gasteiger partial charge >= 0.3 is 0 Å². The number of benzene rings is 1. The van der Waals surface area contributed by atoms with E-state index in [0.717, 1.165) is 24.5 Å². The number of anilines is 1. The number of unbranched alkanes of at least 4 members (excludes halogenated alkanes) is 4. The highest BCUT2D eigenvalue weighted by Gasteiger charge is 2.08. The van der Waals surface area contributed by atoms with Crippen LogP contribution in [0.3, 0.4) is 0 Å². The van der Waals surface area contributed by atoms with Crippen molar-refractivity contribution in [1.29, 1.82) is 0 Å². The molecular weight excluding hydrogens is 312 g/mol. The van der Waals surface area contributed by atoms with Crippen molar-refractivity contribution in [3.63, 3.8) is 0 Å². The largest absolute Gasteiger partial charge is 0.494 e. The summed E-state index contributed by atoms with van der Waals surface area (Å²) < 4.78 is 5.73. The average Bonchev–Trinajstić information content (AvgIpc) is 2.60. The molecule has 0 atom stereocenters. The zero-order valence-corrected chi connectivity index (χ0v) is 15.5. The zero-order valence-electron chi connectivity index (χ0n) is 15.5. The molecule has 138 valence electrons. The van der Waals surface area contributed by atoms with Gasteiger partial charge in [-0.25, -0.2) is 0 Å². The number of nitrogens with zero attached hydrogens (tertiary/aromatic N) is 1. The molecule has 1 aromatic rings. The van der Waals surface area contributed by atoms with Crippen LogP contribution in [0.2, 0.25) is 0 Å². The summed E-state index contributed by atoms with van der Waals surface area (Å²) in [7, 11) is 0. The Morgan fingerprint density at radius 2 is 1.72 bits per heavy atom. The van der Waals surface area contributed by atoms with E-state index in [1.165, 1.54) is 25.7 Å². The van der Waals surface area contributed by atoms with E-state index >= 15 is 0 Å². The molecular formula is C21H32N2O2. The molecule has 0 radical (unpaired) electrons. The van der Waals surface area contributed by atoms with Crippen molar-refractivity contribution in [3.05, 3.63) is 49.6 Å². The van der Waals surface area contributed by atoms with E-state index in [2.05, 4.69) is 25.4 Å². The summed E-state index contributed by atoms with van der Waals surface area (Å²) in [6.07, 6.45) is 9.70. The Hall–Kier alpha value is -2.07. The van der Waals surface area contributed by atoms with Gasteiger partial charge in [0, 0.05) is 18.8 Å².